The zero-order valence-electron chi connectivity index (χ0n) is 22.7. The van der Waals surface area contributed by atoms with Crippen LogP contribution in [0.1, 0.15) is 115 Å². The molecule has 190 valence electrons. The van der Waals surface area contributed by atoms with Gasteiger partial charge in [0.25, 0.3) is 0 Å². The fourth-order valence-corrected chi connectivity index (χ4v) is 7.43. The van der Waals surface area contributed by atoms with Crippen molar-refractivity contribution in [1.82, 2.24) is 0 Å². The van der Waals surface area contributed by atoms with E-state index in [1.54, 1.807) is 0 Å². The molecular formula is C31H49O2P. The SMILES string of the molecule is CCCCc1cc(CCCC)c(O)c(P(c2cc(CCCC)cc(CCCC)c2O)C(C)C)c1. The Morgan fingerprint density at radius 3 is 1.26 bits per heavy atom. The van der Waals surface area contributed by atoms with Gasteiger partial charge in [-0.05, 0) is 99.3 Å². The molecule has 0 aromatic heterocycles. The van der Waals surface area contributed by atoms with Crippen LogP contribution in [0.4, 0.5) is 0 Å². The van der Waals surface area contributed by atoms with Crippen LogP contribution in [0.2, 0.25) is 0 Å². The Kier molecular flexibility index (Phi) is 12.5. The van der Waals surface area contributed by atoms with Crippen molar-refractivity contribution in [2.24, 2.45) is 0 Å². The van der Waals surface area contributed by atoms with Crippen molar-refractivity contribution in [3.8, 4) is 11.5 Å². The van der Waals surface area contributed by atoms with E-state index in [9.17, 15) is 10.2 Å². The van der Waals surface area contributed by atoms with Crippen LogP contribution in [0.5, 0.6) is 11.5 Å². The molecule has 34 heavy (non-hydrogen) atoms. The summed E-state index contributed by atoms with van der Waals surface area (Å²) in [6.07, 6.45) is 13.0. The zero-order chi connectivity index (χ0) is 25.1. The van der Waals surface area contributed by atoms with Crippen molar-refractivity contribution in [2.75, 3.05) is 0 Å². The molecule has 0 unspecified atom stereocenters. The van der Waals surface area contributed by atoms with E-state index >= 15 is 0 Å². The van der Waals surface area contributed by atoms with Gasteiger partial charge in [0, 0.05) is 10.6 Å². The highest BCUT2D eigenvalue weighted by Crippen LogP contribution is 2.46. The predicted molar refractivity (Wildman–Crippen MR) is 152 cm³/mol. The first-order valence-corrected chi connectivity index (χ1v) is 15.3. The number of phenols is 2. The van der Waals surface area contributed by atoms with E-state index in [0.717, 1.165) is 85.9 Å². The summed E-state index contributed by atoms with van der Waals surface area (Å²) in [5, 5.41) is 25.1. The second kappa shape index (κ2) is 14.8. The summed E-state index contributed by atoms with van der Waals surface area (Å²) in [5.41, 5.74) is 5.18. The predicted octanol–water partition coefficient (Wildman–Crippen LogP) is 8.31. The highest BCUT2D eigenvalue weighted by Gasteiger charge is 2.27. The molecule has 0 atom stereocenters. The van der Waals surface area contributed by atoms with Crippen LogP contribution < -0.4 is 10.6 Å². The number of rotatable bonds is 15. The summed E-state index contributed by atoms with van der Waals surface area (Å²) in [4.78, 5) is 0. The summed E-state index contributed by atoms with van der Waals surface area (Å²) in [6.45, 7) is 13.4. The van der Waals surface area contributed by atoms with Gasteiger partial charge in [0.1, 0.15) is 11.5 Å². The van der Waals surface area contributed by atoms with Crippen molar-refractivity contribution in [3.63, 3.8) is 0 Å². The van der Waals surface area contributed by atoms with Crippen molar-refractivity contribution in [2.45, 2.75) is 124 Å². The molecule has 2 N–H and O–H groups in total. The van der Waals surface area contributed by atoms with E-state index in [4.69, 9.17) is 0 Å². The highest BCUT2D eigenvalue weighted by atomic mass is 31.1. The first-order valence-electron chi connectivity index (χ1n) is 13.9. The quantitative estimate of drug-likeness (QED) is 0.250. The normalized spacial score (nSPS) is 11.6. The number of unbranched alkanes of at least 4 members (excludes halogenated alkanes) is 4. The summed E-state index contributed by atoms with van der Waals surface area (Å²) in [5.74, 6) is 0.948. The maximum Gasteiger partial charge on any atom is 0.126 e. The lowest BCUT2D eigenvalue weighted by molar-refractivity contribution is 0.470. The van der Waals surface area contributed by atoms with E-state index in [-0.39, 0.29) is 0 Å². The molecule has 0 heterocycles. The Morgan fingerprint density at radius 2 is 0.941 bits per heavy atom. The Bertz CT molecular complexity index is 818. The molecule has 0 spiro atoms. The van der Waals surface area contributed by atoms with Crippen LogP contribution in [-0.4, -0.2) is 15.9 Å². The number of hydrogen-bond donors (Lipinski definition) is 2. The fraction of sp³-hybridized carbons (Fsp3) is 0.613. The van der Waals surface area contributed by atoms with Gasteiger partial charge >= 0.3 is 0 Å². The average molecular weight is 485 g/mol. The molecule has 2 aromatic carbocycles. The van der Waals surface area contributed by atoms with Crippen LogP contribution in [0.15, 0.2) is 24.3 Å². The average Bonchev–Trinajstić information content (AvgIpc) is 2.82. The molecule has 0 aliphatic heterocycles. The molecule has 2 rings (SSSR count). The summed E-state index contributed by atoms with van der Waals surface area (Å²) < 4.78 is 0. The molecule has 0 radical (unpaired) electrons. The van der Waals surface area contributed by atoms with Gasteiger partial charge < -0.3 is 10.2 Å². The number of benzene rings is 2. The lowest BCUT2D eigenvalue weighted by Crippen LogP contribution is -2.21. The molecule has 0 aliphatic carbocycles. The number of phenolic OH excluding ortho intramolecular Hbond substituents is 2. The Morgan fingerprint density at radius 1 is 0.588 bits per heavy atom. The minimum atomic E-state index is -0.876. The van der Waals surface area contributed by atoms with Gasteiger partial charge in [-0.3, -0.25) is 0 Å². The van der Waals surface area contributed by atoms with E-state index in [1.807, 2.05) is 0 Å². The maximum absolute atomic E-state index is 11.5. The zero-order valence-corrected chi connectivity index (χ0v) is 23.6. The first-order chi connectivity index (χ1) is 16.4. The lowest BCUT2D eigenvalue weighted by Gasteiger charge is -2.27. The number of aromatic hydroxyl groups is 2. The van der Waals surface area contributed by atoms with Crippen LogP contribution in [0.3, 0.4) is 0 Å². The molecule has 0 fully saturated rings. The highest BCUT2D eigenvalue weighted by molar-refractivity contribution is 7.74. The molecule has 0 bridgehead atoms. The third kappa shape index (κ3) is 7.74. The smallest absolute Gasteiger partial charge is 0.126 e. The molecule has 0 saturated carbocycles. The second-order valence-electron chi connectivity index (χ2n) is 10.1. The third-order valence-corrected chi connectivity index (χ3v) is 9.48. The van der Waals surface area contributed by atoms with Gasteiger partial charge in [-0.25, -0.2) is 0 Å². The van der Waals surface area contributed by atoms with Gasteiger partial charge in [0.15, 0.2) is 0 Å². The maximum atomic E-state index is 11.5. The van der Waals surface area contributed by atoms with Gasteiger partial charge in [0.2, 0.25) is 0 Å². The molecule has 0 aliphatic rings. The van der Waals surface area contributed by atoms with Crippen LogP contribution in [0, 0.1) is 0 Å². The molecule has 3 heteroatoms. The number of aryl methyl sites for hydroxylation is 4. The largest absolute Gasteiger partial charge is 0.507 e. The van der Waals surface area contributed by atoms with Crippen molar-refractivity contribution >= 4 is 18.5 Å². The molecular weight excluding hydrogens is 435 g/mol. The Labute approximate surface area is 211 Å². The molecule has 0 saturated heterocycles. The Hall–Kier alpha value is -1.53. The van der Waals surface area contributed by atoms with Gasteiger partial charge in [-0.2, -0.15) is 0 Å². The molecule has 0 amide bonds. The minimum absolute atomic E-state index is 0.327. The van der Waals surface area contributed by atoms with E-state index in [0.29, 0.717) is 17.2 Å². The van der Waals surface area contributed by atoms with Crippen molar-refractivity contribution in [3.05, 3.63) is 46.5 Å². The van der Waals surface area contributed by atoms with Gasteiger partial charge in [-0.1, -0.05) is 79.4 Å². The van der Waals surface area contributed by atoms with Crippen molar-refractivity contribution < 1.29 is 10.2 Å². The van der Waals surface area contributed by atoms with Crippen LogP contribution >= 0.6 is 7.92 Å². The van der Waals surface area contributed by atoms with E-state index in [1.165, 1.54) is 24.0 Å². The summed E-state index contributed by atoms with van der Waals surface area (Å²) in [6, 6.07) is 9.00. The Balaban J connectivity index is 2.68. The lowest BCUT2D eigenvalue weighted by atomic mass is 10.0. The van der Waals surface area contributed by atoms with Crippen LogP contribution in [0.25, 0.3) is 0 Å². The van der Waals surface area contributed by atoms with E-state index in [2.05, 4.69) is 65.8 Å². The standard InChI is InChI=1S/C31H49O2P/c1-7-11-15-24-19-26(17-13-9-3)30(32)28(21-24)34(23(5)6)29-22-25(16-12-8-2)20-27(31(29)33)18-14-10-4/h19-23,32-33H,7-18H2,1-6H3. The fourth-order valence-electron chi connectivity index (χ4n) is 4.70. The van der Waals surface area contributed by atoms with E-state index < -0.39 is 7.92 Å². The van der Waals surface area contributed by atoms with Gasteiger partial charge in [0.05, 0.1) is 0 Å². The summed E-state index contributed by atoms with van der Waals surface area (Å²) in [7, 11) is -0.876. The second-order valence-corrected chi connectivity index (χ2v) is 12.9. The topological polar surface area (TPSA) is 40.5 Å². The number of hydrogen-bond acceptors (Lipinski definition) is 2. The first kappa shape index (κ1) is 28.7. The molecule has 2 aromatic rings. The minimum Gasteiger partial charge on any atom is -0.507 e. The third-order valence-electron chi connectivity index (χ3n) is 6.73. The molecule has 2 nitrogen and oxygen atoms in total. The summed E-state index contributed by atoms with van der Waals surface area (Å²) >= 11 is 0. The van der Waals surface area contributed by atoms with Crippen LogP contribution in [-0.2, 0) is 25.7 Å². The van der Waals surface area contributed by atoms with Gasteiger partial charge in [-0.15, -0.1) is 0 Å². The van der Waals surface area contributed by atoms with Crippen molar-refractivity contribution in [1.29, 1.82) is 0 Å². The monoisotopic (exact) mass is 484 g/mol.